The molecular formula is C43H30N4O4S. The number of carbonyl (C=O) groups is 2. The van der Waals surface area contributed by atoms with Crippen molar-refractivity contribution >= 4 is 40.2 Å². The Morgan fingerprint density at radius 1 is 0.750 bits per heavy atom. The van der Waals surface area contributed by atoms with Gasteiger partial charge in [-0.25, -0.2) is 14.8 Å². The van der Waals surface area contributed by atoms with Gasteiger partial charge in [0.15, 0.2) is 0 Å². The van der Waals surface area contributed by atoms with Crippen molar-refractivity contribution in [3.8, 4) is 45.5 Å². The minimum absolute atomic E-state index is 0.164. The van der Waals surface area contributed by atoms with Crippen molar-refractivity contribution in [1.82, 2.24) is 9.97 Å². The predicted octanol–water partition coefficient (Wildman–Crippen LogP) is 9.68. The van der Waals surface area contributed by atoms with Gasteiger partial charge in [-0.15, -0.1) is 0 Å². The minimum Gasteiger partial charge on any atom is -0.497 e. The van der Waals surface area contributed by atoms with Crippen molar-refractivity contribution in [1.29, 1.82) is 5.26 Å². The molecule has 2 N–H and O–H groups in total. The fraction of sp³-hybridized carbons (Fsp3) is 0.0465. The van der Waals surface area contributed by atoms with Gasteiger partial charge in [0.25, 0.3) is 0 Å². The maximum absolute atomic E-state index is 14.2. The number of aromatic nitrogens is 2. The lowest BCUT2D eigenvalue weighted by atomic mass is 9.99. The Kier molecular flexibility index (Phi) is 9.73. The van der Waals surface area contributed by atoms with E-state index in [1.54, 1.807) is 55.6 Å². The molecule has 0 saturated carbocycles. The molecule has 5 aromatic carbocycles. The van der Waals surface area contributed by atoms with Crippen LogP contribution in [0.1, 0.15) is 26.7 Å². The SMILES string of the molecule is COc1ccc(-c2cc(-c3ccccc3)nc(SC(C(=O)Nc3ccc(-c4cc(C(=O)O)c5ccccc5n4)cc3)c3ccccc3)c2C#N)cc1. The lowest BCUT2D eigenvalue weighted by molar-refractivity contribution is -0.115. The van der Waals surface area contributed by atoms with Crippen molar-refractivity contribution in [2.24, 2.45) is 0 Å². The fourth-order valence-corrected chi connectivity index (χ4v) is 7.02. The number of carboxylic acid groups (broad SMARTS) is 1. The molecule has 2 aromatic heterocycles. The fourth-order valence-electron chi connectivity index (χ4n) is 5.91. The number of para-hydroxylation sites is 1. The average molecular weight is 699 g/mol. The summed E-state index contributed by atoms with van der Waals surface area (Å²) in [5, 5.41) is 23.6. The van der Waals surface area contributed by atoms with E-state index >= 15 is 0 Å². The number of ether oxygens (including phenoxy) is 1. The summed E-state index contributed by atoms with van der Waals surface area (Å²) >= 11 is 1.22. The first kappa shape index (κ1) is 33.7. The smallest absolute Gasteiger partial charge is 0.336 e. The molecule has 0 aliphatic carbocycles. The molecule has 0 fully saturated rings. The Labute approximate surface area is 304 Å². The second-order valence-corrected chi connectivity index (χ2v) is 12.9. The number of fused-ring (bicyclic) bond motifs is 1. The summed E-state index contributed by atoms with van der Waals surface area (Å²) in [5.74, 6) is -0.642. The molecule has 0 aliphatic heterocycles. The number of hydrogen-bond donors (Lipinski definition) is 2. The molecule has 0 saturated heterocycles. The summed E-state index contributed by atoms with van der Waals surface area (Å²) in [6.45, 7) is 0. The number of benzene rings is 5. The number of aromatic carboxylic acids is 1. The third-order valence-electron chi connectivity index (χ3n) is 8.53. The van der Waals surface area contributed by atoms with Gasteiger partial charge in [-0.3, -0.25) is 4.79 Å². The van der Waals surface area contributed by atoms with Crippen LogP contribution in [0.3, 0.4) is 0 Å². The van der Waals surface area contributed by atoms with Crippen molar-refractivity contribution in [2.75, 3.05) is 12.4 Å². The molecule has 1 amide bonds. The molecule has 1 unspecified atom stereocenters. The molecule has 0 spiro atoms. The number of carbonyl (C=O) groups excluding carboxylic acids is 1. The molecule has 52 heavy (non-hydrogen) atoms. The quantitative estimate of drug-likeness (QED) is 0.135. The molecule has 7 rings (SSSR count). The first-order valence-electron chi connectivity index (χ1n) is 16.3. The van der Waals surface area contributed by atoms with E-state index < -0.39 is 11.2 Å². The first-order chi connectivity index (χ1) is 25.4. The number of hydrogen-bond acceptors (Lipinski definition) is 7. The maximum Gasteiger partial charge on any atom is 0.336 e. The number of methoxy groups -OCH3 is 1. The van der Waals surface area contributed by atoms with Crippen LogP contribution in [0, 0.1) is 11.3 Å². The zero-order valence-electron chi connectivity index (χ0n) is 27.9. The summed E-state index contributed by atoms with van der Waals surface area (Å²) in [6, 6.07) is 46.7. The summed E-state index contributed by atoms with van der Waals surface area (Å²) in [6.07, 6.45) is 0. The van der Waals surface area contributed by atoms with Crippen LogP contribution in [0.5, 0.6) is 5.75 Å². The van der Waals surface area contributed by atoms with E-state index in [2.05, 4.69) is 16.4 Å². The van der Waals surface area contributed by atoms with Gasteiger partial charge < -0.3 is 15.2 Å². The maximum atomic E-state index is 14.2. The Balaban J connectivity index is 1.24. The second kappa shape index (κ2) is 15.0. The summed E-state index contributed by atoms with van der Waals surface area (Å²) < 4.78 is 5.36. The number of amides is 1. The van der Waals surface area contributed by atoms with Crippen LogP contribution in [0.25, 0.3) is 44.5 Å². The van der Waals surface area contributed by atoms with E-state index in [1.807, 2.05) is 97.1 Å². The number of carboxylic acids is 1. The Bertz CT molecular complexity index is 2450. The van der Waals surface area contributed by atoms with Crippen LogP contribution < -0.4 is 10.1 Å². The number of nitrogens with one attached hydrogen (secondary N) is 1. The summed E-state index contributed by atoms with van der Waals surface area (Å²) in [5.41, 5.74) is 6.64. The van der Waals surface area contributed by atoms with E-state index in [0.29, 0.717) is 55.4 Å². The first-order valence-corrected chi connectivity index (χ1v) is 17.2. The number of rotatable bonds is 10. The Morgan fingerprint density at radius 2 is 1.37 bits per heavy atom. The molecule has 0 radical (unpaired) electrons. The van der Waals surface area contributed by atoms with E-state index in [-0.39, 0.29) is 11.5 Å². The zero-order chi connectivity index (χ0) is 36.0. The third kappa shape index (κ3) is 7.10. The normalized spacial score (nSPS) is 11.4. The second-order valence-electron chi connectivity index (χ2n) is 11.8. The largest absolute Gasteiger partial charge is 0.497 e. The lowest BCUT2D eigenvalue weighted by Gasteiger charge is -2.19. The zero-order valence-corrected chi connectivity index (χ0v) is 28.7. The lowest BCUT2D eigenvalue weighted by Crippen LogP contribution is -2.19. The van der Waals surface area contributed by atoms with Crippen LogP contribution in [-0.4, -0.2) is 34.1 Å². The van der Waals surface area contributed by atoms with Gasteiger partial charge in [-0.2, -0.15) is 5.26 Å². The number of thioether (sulfide) groups is 1. The molecule has 1 atom stereocenters. The highest BCUT2D eigenvalue weighted by molar-refractivity contribution is 8.00. The molecule has 8 nitrogen and oxygen atoms in total. The highest BCUT2D eigenvalue weighted by Crippen LogP contribution is 2.41. The van der Waals surface area contributed by atoms with Crippen LogP contribution in [0.15, 0.2) is 151 Å². The topological polar surface area (TPSA) is 125 Å². The molecular weight excluding hydrogens is 669 g/mol. The van der Waals surface area contributed by atoms with Crippen molar-refractivity contribution in [2.45, 2.75) is 10.3 Å². The van der Waals surface area contributed by atoms with Crippen LogP contribution in [-0.2, 0) is 4.79 Å². The Hall–Kier alpha value is -6.76. The van der Waals surface area contributed by atoms with E-state index in [4.69, 9.17) is 9.72 Å². The average Bonchev–Trinajstić information content (AvgIpc) is 3.20. The van der Waals surface area contributed by atoms with Crippen LogP contribution >= 0.6 is 11.8 Å². The van der Waals surface area contributed by atoms with Gasteiger partial charge in [0.1, 0.15) is 22.1 Å². The minimum atomic E-state index is -1.03. The van der Waals surface area contributed by atoms with Gasteiger partial charge >= 0.3 is 5.97 Å². The van der Waals surface area contributed by atoms with Crippen LogP contribution in [0.2, 0.25) is 0 Å². The molecule has 9 heteroatoms. The van der Waals surface area contributed by atoms with Crippen molar-refractivity contribution < 1.29 is 19.4 Å². The third-order valence-corrected chi connectivity index (χ3v) is 9.77. The van der Waals surface area contributed by atoms with Gasteiger partial charge in [-0.05, 0) is 53.6 Å². The van der Waals surface area contributed by atoms with E-state index in [9.17, 15) is 20.0 Å². The van der Waals surface area contributed by atoms with Crippen molar-refractivity contribution in [3.05, 3.63) is 162 Å². The summed E-state index contributed by atoms with van der Waals surface area (Å²) in [4.78, 5) is 35.9. The molecule has 7 aromatic rings. The van der Waals surface area contributed by atoms with E-state index in [0.717, 1.165) is 16.7 Å². The number of nitrogens with zero attached hydrogens (tertiary/aromatic N) is 3. The van der Waals surface area contributed by atoms with Gasteiger partial charge in [-0.1, -0.05) is 115 Å². The molecule has 2 heterocycles. The van der Waals surface area contributed by atoms with Gasteiger partial charge in [0.05, 0.1) is 35.1 Å². The van der Waals surface area contributed by atoms with E-state index in [1.165, 1.54) is 11.8 Å². The summed E-state index contributed by atoms with van der Waals surface area (Å²) in [7, 11) is 1.60. The monoisotopic (exact) mass is 698 g/mol. The van der Waals surface area contributed by atoms with Gasteiger partial charge in [0, 0.05) is 27.8 Å². The number of pyridine rings is 2. The van der Waals surface area contributed by atoms with Gasteiger partial charge in [0.2, 0.25) is 5.91 Å². The predicted molar refractivity (Wildman–Crippen MR) is 204 cm³/mol. The standard InChI is InChI=1S/C43H30N4O4S/c1-51-32-22-18-27(19-23-32)34-24-39(28-10-4-2-5-11-28)47-42(36(34)26-44)52-40(30-12-6-3-7-13-30)41(48)45-31-20-16-29(17-21-31)38-25-35(43(49)50)33-14-8-9-15-37(33)46-38/h2-25,40H,1H3,(H,45,48)(H,49,50). The Morgan fingerprint density at radius 3 is 2.04 bits per heavy atom. The highest BCUT2D eigenvalue weighted by atomic mass is 32.2. The number of nitriles is 1. The molecule has 252 valence electrons. The highest BCUT2D eigenvalue weighted by Gasteiger charge is 2.26. The molecule has 0 bridgehead atoms. The molecule has 0 aliphatic rings. The number of anilines is 1. The van der Waals surface area contributed by atoms with Crippen LogP contribution in [0.4, 0.5) is 5.69 Å². The van der Waals surface area contributed by atoms with Crippen molar-refractivity contribution in [3.63, 3.8) is 0 Å².